The van der Waals surface area contributed by atoms with E-state index in [-0.39, 0.29) is 18.2 Å². The van der Waals surface area contributed by atoms with Gasteiger partial charge in [-0.15, -0.1) is 0 Å². The highest BCUT2D eigenvalue weighted by Gasteiger charge is 2.29. The summed E-state index contributed by atoms with van der Waals surface area (Å²) >= 11 is 0. The molecular formula is C19H21NO7. The Morgan fingerprint density at radius 1 is 1.30 bits per heavy atom. The van der Waals surface area contributed by atoms with Crippen LogP contribution in [0.25, 0.3) is 11.0 Å². The van der Waals surface area contributed by atoms with Crippen molar-refractivity contribution in [3.63, 3.8) is 0 Å². The van der Waals surface area contributed by atoms with Crippen LogP contribution in [0.5, 0.6) is 5.75 Å². The van der Waals surface area contributed by atoms with Crippen LogP contribution in [0.3, 0.4) is 0 Å². The van der Waals surface area contributed by atoms with Crippen molar-refractivity contribution < 1.29 is 28.2 Å². The number of carbonyl (C=O) groups is 2. The summed E-state index contributed by atoms with van der Waals surface area (Å²) < 4.78 is 20.4. The molecule has 1 aliphatic heterocycles. The van der Waals surface area contributed by atoms with Gasteiger partial charge >= 0.3 is 11.6 Å². The molecule has 1 fully saturated rings. The summed E-state index contributed by atoms with van der Waals surface area (Å²) in [4.78, 5) is 36.5. The highest BCUT2D eigenvalue weighted by Crippen LogP contribution is 2.23. The lowest BCUT2D eigenvalue weighted by molar-refractivity contribution is -0.145. The third-order valence-electron chi connectivity index (χ3n) is 4.56. The van der Waals surface area contributed by atoms with Crippen LogP contribution in [0, 0.1) is 5.92 Å². The van der Waals surface area contributed by atoms with Gasteiger partial charge in [-0.3, -0.25) is 4.79 Å². The molecule has 0 unspecified atom stereocenters. The van der Waals surface area contributed by atoms with E-state index in [2.05, 4.69) is 5.32 Å². The minimum Gasteiger partial charge on any atom is -0.497 e. The van der Waals surface area contributed by atoms with Crippen LogP contribution in [0.1, 0.15) is 12.0 Å². The topological polar surface area (TPSA) is 104 Å². The van der Waals surface area contributed by atoms with Gasteiger partial charge in [-0.25, -0.2) is 9.59 Å². The normalized spacial score (nSPS) is 17.5. The Morgan fingerprint density at radius 3 is 2.78 bits per heavy atom. The van der Waals surface area contributed by atoms with E-state index in [9.17, 15) is 14.4 Å². The SMILES string of the molecule is COC(=O)[C@H](Cc1cc(=O)oc2cc(OC)ccc12)NC(=O)[C@@H]1CCOC1. The predicted octanol–water partition coefficient (Wildman–Crippen LogP) is 1.04. The van der Waals surface area contributed by atoms with Crippen molar-refractivity contribution in [1.29, 1.82) is 0 Å². The number of hydrogen-bond acceptors (Lipinski definition) is 7. The Kier molecular flexibility index (Phi) is 5.75. The van der Waals surface area contributed by atoms with E-state index in [1.807, 2.05) is 0 Å². The smallest absolute Gasteiger partial charge is 0.336 e. The number of carbonyl (C=O) groups excluding carboxylic acids is 2. The van der Waals surface area contributed by atoms with Crippen molar-refractivity contribution in [1.82, 2.24) is 5.32 Å². The van der Waals surface area contributed by atoms with Crippen molar-refractivity contribution in [2.75, 3.05) is 27.4 Å². The van der Waals surface area contributed by atoms with Crippen LogP contribution in [0.15, 0.2) is 33.5 Å². The monoisotopic (exact) mass is 375 g/mol. The molecule has 0 bridgehead atoms. The average Bonchev–Trinajstić information content (AvgIpc) is 3.21. The molecule has 1 aliphatic rings. The highest BCUT2D eigenvalue weighted by atomic mass is 16.5. The fraction of sp³-hybridized carbons (Fsp3) is 0.421. The minimum absolute atomic E-state index is 0.0976. The molecule has 144 valence electrons. The highest BCUT2D eigenvalue weighted by molar-refractivity contribution is 5.87. The van der Waals surface area contributed by atoms with Crippen LogP contribution in [-0.2, 0) is 25.5 Å². The zero-order valence-corrected chi connectivity index (χ0v) is 15.2. The summed E-state index contributed by atoms with van der Waals surface area (Å²) in [7, 11) is 2.77. The number of methoxy groups -OCH3 is 2. The summed E-state index contributed by atoms with van der Waals surface area (Å²) in [6, 6.07) is 5.47. The van der Waals surface area contributed by atoms with E-state index >= 15 is 0 Å². The van der Waals surface area contributed by atoms with Gasteiger partial charge in [0, 0.05) is 30.5 Å². The van der Waals surface area contributed by atoms with E-state index < -0.39 is 17.6 Å². The largest absolute Gasteiger partial charge is 0.497 e. The maximum absolute atomic E-state index is 12.4. The molecule has 1 aromatic carbocycles. The van der Waals surface area contributed by atoms with E-state index in [0.717, 1.165) is 0 Å². The van der Waals surface area contributed by atoms with Crippen LogP contribution in [0.4, 0.5) is 0 Å². The molecule has 2 aromatic rings. The minimum atomic E-state index is -0.921. The molecule has 0 saturated carbocycles. The molecule has 0 aliphatic carbocycles. The third kappa shape index (κ3) is 4.28. The lowest BCUT2D eigenvalue weighted by atomic mass is 10.0. The van der Waals surface area contributed by atoms with E-state index in [4.69, 9.17) is 18.6 Å². The lowest BCUT2D eigenvalue weighted by Crippen LogP contribution is -2.45. The van der Waals surface area contributed by atoms with E-state index in [1.54, 1.807) is 18.2 Å². The number of amides is 1. The first-order valence-corrected chi connectivity index (χ1v) is 8.58. The molecule has 0 radical (unpaired) electrons. The van der Waals surface area contributed by atoms with Gasteiger partial charge in [-0.2, -0.15) is 0 Å². The van der Waals surface area contributed by atoms with Crippen LogP contribution < -0.4 is 15.7 Å². The molecule has 1 N–H and O–H groups in total. The van der Waals surface area contributed by atoms with Gasteiger partial charge in [-0.1, -0.05) is 0 Å². The maximum atomic E-state index is 12.4. The second-order valence-corrected chi connectivity index (χ2v) is 6.30. The van der Waals surface area contributed by atoms with Crippen LogP contribution >= 0.6 is 0 Å². The average molecular weight is 375 g/mol. The molecule has 1 amide bonds. The summed E-state index contributed by atoms with van der Waals surface area (Å²) in [5.41, 5.74) is 0.364. The van der Waals surface area contributed by atoms with Crippen molar-refractivity contribution in [3.8, 4) is 5.75 Å². The Balaban J connectivity index is 1.89. The molecule has 8 heteroatoms. The fourth-order valence-corrected chi connectivity index (χ4v) is 3.09. The second-order valence-electron chi connectivity index (χ2n) is 6.30. The molecule has 8 nitrogen and oxygen atoms in total. The number of fused-ring (bicyclic) bond motifs is 1. The van der Waals surface area contributed by atoms with E-state index in [0.29, 0.717) is 41.9 Å². The van der Waals surface area contributed by atoms with Crippen LogP contribution in [-0.4, -0.2) is 45.4 Å². The number of rotatable bonds is 6. The van der Waals surface area contributed by atoms with E-state index in [1.165, 1.54) is 20.3 Å². The van der Waals surface area contributed by atoms with Crippen LogP contribution in [0.2, 0.25) is 0 Å². The molecule has 0 spiro atoms. The molecule has 1 aromatic heterocycles. The number of benzene rings is 1. The van der Waals surface area contributed by atoms with Crippen molar-refractivity contribution in [2.45, 2.75) is 18.9 Å². The molecule has 2 atom stereocenters. The quantitative estimate of drug-likeness (QED) is 0.594. The summed E-state index contributed by atoms with van der Waals surface area (Å²) in [5.74, 6) is -0.602. The maximum Gasteiger partial charge on any atom is 0.336 e. The third-order valence-corrected chi connectivity index (χ3v) is 4.56. The standard InChI is InChI=1S/C19H21NO7/c1-24-13-3-4-14-12(8-17(21)27-16(14)9-13)7-15(19(23)25-2)20-18(22)11-5-6-26-10-11/h3-4,8-9,11,15H,5-7,10H2,1-2H3,(H,20,22)/t11-,15+/m1/s1. The first kappa shape index (κ1) is 18.9. The van der Waals surface area contributed by atoms with Crippen molar-refractivity contribution >= 4 is 22.8 Å². The van der Waals surface area contributed by atoms with Gasteiger partial charge in [-0.05, 0) is 24.1 Å². The predicted molar refractivity (Wildman–Crippen MR) is 95.6 cm³/mol. The first-order valence-electron chi connectivity index (χ1n) is 8.58. The van der Waals surface area contributed by atoms with Gasteiger partial charge in [0.05, 0.1) is 26.7 Å². The molecule has 2 heterocycles. The van der Waals surface area contributed by atoms with Crippen molar-refractivity contribution in [2.24, 2.45) is 5.92 Å². The Labute approximate surface area is 155 Å². The summed E-state index contributed by atoms with van der Waals surface area (Å²) in [6.07, 6.45) is 0.706. The Bertz CT molecular complexity index is 899. The zero-order chi connectivity index (χ0) is 19.4. The summed E-state index contributed by atoms with van der Waals surface area (Å²) in [6.45, 7) is 0.852. The Morgan fingerprint density at radius 2 is 2.11 bits per heavy atom. The first-order chi connectivity index (χ1) is 13.0. The van der Waals surface area contributed by atoms with Gasteiger partial charge in [0.25, 0.3) is 0 Å². The molecular weight excluding hydrogens is 354 g/mol. The number of nitrogens with one attached hydrogen (secondary N) is 1. The lowest BCUT2D eigenvalue weighted by Gasteiger charge is -2.19. The summed E-state index contributed by atoms with van der Waals surface area (Å²) in [5, 5.41) is 3.37. The molecule has 27 heavy (non-hydrogen) atoms. The number of hydrogen-bond donors (Lipinski definition) is 1. The zero-order valence-electron chi connectivity index (χ0n) is 15.2. The number of ether oxygens (including phenoxy) is 3. The Hall–Kier alpha value is -2.87. The second kappa shape index (κ2) is 8.22. The fourth-order valence-electron chi connectivity index (χ4n) is 3.09. The van der Waals surface area contributed by atoms with Gasteiger partial charge in [0.1, 0.15) is 17.4 Å². The van der Waals surface area contributed by atoms with Gasteiger partial charge in [0.2, 0.25) is 5.91 Å². The van der Waals surface area contributed by atoms with Crippen molar-refractivity contribution in [3.05, 3.63) is 40.2 Å². The number of esters is 1. The molecule has 3 rings (SSSR count). The van der Waals surface area contributed by atoms with Gasteiger partial charge in [0.15, 0.2) is 0 Å². The molecule has 1 saturated heterocycles. The van der Waals surface area contributed by atoms with Gasteiger partial charge < -0.3 is 23.9 Å².